The van der Waals surface area contributed by atoms with Crippen LogP contribution in [0, 0.1) is 12.8 Å². The molecule has 2 aromatic heterocycles. The normalized spacial score (nSPS) is 21.8. The summed E-state index contributed by atoms with van der Waals surface area (Å²) in [6.45, 7) is 4.60. The number of amides is 1. The first kappa shape index (κ1) is 18.2. The molecule has 1 aromatic carbocycles. The number of hydrogen-bond donors (Lipinski definition) is 0. The van der Waals surface area contributed by atoms with Crippen molar-refractivity contribution in [1.29, 1.82) is 0 Å². The van der Waals surface area contributed by atoms with E-state index in [4.69, 9.17) is 4.42 Å². The fourth-order valence-corrected chi connectivity index (χ4v) is 4.79. The first-order chi connectivity index (χ1) is 14.2. The smallest absolute Gasteiger partial charge is 0.226 e. The Morgan fingerprint density at radius 1 is 1.17 bits per heavy atom. The van der Waals surface area contributed by atoms with E-state index in [1.54, 1.807) is 0 Å². The largest absolute Gasteiger partial charge is 0.443 e. The van der Waals surface area contributed by atoms with Crippen LogP contribution in [-0.4, -0.2) is 46.5 Å². The van der Waals surface area contributed by atoms with Gasteiger partial charge in [0.25, 0.3) is 0 Å². The van der Waals surface area contributed by atoms with Crippen molar-refractivity contribution in [2.75, 3.05) is 24.5 Å². The van der Waals surface area contributed by atoms with Crippen molar-refractivity contribution in [2.45, 2.75) is 38.6 Å². The van der Waals surface area contributed by atoms with E-state index in [-0.39, 0.29) is 5.92 Å². The van der Waals surface area contributed by atoms with Gasteiger partial charge in [-0.05, 0) is 55.9 Å². The van der Waals surface area contributed by atoms with Gasteiger partial charge in [-0.15, -0.1) is 0 Å². The molecule has 0 unspecified atom stereocenters. The number of rotatable bonds is 5. The van der Waals surface area contributed by atoms with Crippen LogP contribution in [0.5, 0.6) is 0 Å². The number of aromatic nitrogens is 2. The zero-order valence-corrected chi connectivity index (χ0v) is 16.8. The van der Waals surface area contributed by atoms with Gasteiger partial charge in [0.05, 0.1) is 6.04 Å². The van der Waals surface area contributed by atoms with E-state index in [2.05, 4.69) is 44.9 Å². The lowest BCUT2D eigenvalue weighted by molar-refractivity contribution is -0.132. The SMILES string of the molecule is Cc1ccc(N2CCN3C(=O)[C@@H](CCCc4cccc5ncoc45)C[C@H]3C2)nc1. The van der Waals surface area contributed by atoms with E-state index in [1.165, 1.54) is 17.5 Å². The number of fused-ring (bicyclic) bond motifs is 2. The second-order valence-electron chi connectivity index (χ2n) is 8.27. The Bertz CT molecular complexity index is 1010. The van der Waals surface area contributed by atoms with E-state index < -0.39 is 0 Å². The molecular weight excluding hydrogens is 364 g/mol. The minimum absolute atomic E-state index is 0.139. The summed E-state index contributed by atoms with van der Waals surface area (Å²) in [5, 5.41) is 0. The molecule has 0 bridgehead atoms. The first-order valence-corrected chi connectivity index (χ1v) is 10.5. The number of benzene rings is 1. The van der Waals surface area contributed by atoms with Gasteiger partial charge in [-0.2, -0.15) is 0 Å². The summed E-state index contributed by atoms with van der Waals surface area (Å²) in [7, 11) is 0. The Kier molecular flexibility index (Phi) is 4.70. The van der Waals surface area contributed by atoms with Crippen LogP contribution in [0.4, 0.5) is 5.82 Å². The van der Waals surface area contributed by atoms with Crippen LogP contribution < -0.4 is 4.90 Å². The van der Waals surface area contributed by atoms with Crippen molar-refractivity contribution in [3.8, 4) is 0 Å². The molecule has 2 atom stereocenters. The maximum atomic E-state index is 12.9. The summed E-state index contributed by atoms with van der Waals surface area (Å²) in [5.74, 6) is 1.50. The number of anilines is 1. The van der Waals surface area contributed by atoms with E-state index in [0.717, 1.165) is 62.2 Å². The van der Waals surface area contributed by atoms with Crippen LogP contribution in [0.2, 0.25) is 0 Å². The maximum Gasteiger partial charge on any atom is 0.226 e. The Morgan fingerprint density at radius 3 is 2.97 bits per heavy atom. The highest BCUT2D eigenvalue weighted by molar-refractivity contribution is 5.82. The van der Waals surface area contributed by atoms with Crippen molar-refractivity contribution in [3.63, 3.8) is 0 Å². The van der Waals surface area contributed by atoms with E-state index in [9.17, 15) is 4.79 Å². The van der Waals surface area contributed by atoms with Gasteiger partial charge in [0.2, 0.25) is 5.91 Å². The summed E-state index contributed by atoms with van der Waals surface area (Å²) in [4.78, 5) is 26.1. The third-order valence-corrected chi connectivity index (χ3v) is 6.33. The highest BCUT2D eigenvalue weighted by Crippen LogP contribution is 2.32. The monoisotopic (exact) mass is 390 g/mol. The van der Waals surface area contributed by atoms with Gasteiger partial charge in [-0.1, -0.05) is 18.2 Å². The zero-order chi connectivity index (χ0) is 19.8. The lowest BCUT2D eigenvalue weighted by Gasteiger charge is -2.38. The summed E-state index contributed by atoms with van der Waals surface area (Å²) >= 11 is 0. The molecule has 2 aliphatic rings. The number of hydrogen-bond acceptors (Lipinski definition) is 5. The van der Waals surface area contributed by atoms with Crippen LogP contribution in [-0.2, 0) is 11.2 Å². The molecule has 2 fully saturated rings. The summed E-state index contributed by atoms with van der Waals surface area (Å²) in [5.41, 5.74) is 4.13. The fraction of sp³-hybridized carbons (Fsp3) is 0.435. The second-order valence-corrected chi connectivity index (χ2v) is 8.27. The predicted molar refractivity (Wildman–Crippen MR) is 112 cm³/mol. The van der Waals surface area contributed by atoms with Crippen LogP contribution >= 0.6 is 0 Å². The minimum Gasteiger partial charge on any atom is -0.443 e. The lowest BCUT2D eigenvalue weighted by atomic mass is 9.96. The number of nitrogens with zero attached hydrogens (tertiary/aromatic N) is 4. The topological polar surface area (TPSA) is 62.5 Å². The van der Waals surface area contributed by atoms with Gasteiger partial charge in [-0.3, -0.25) is 4.79 Å². The zero-order valence-electron chi connectivity index (χ0n) is 16.8. The molecule has 150 valence electrons. The van der Waals surface area contributed by atoms with Gasteiger partial charge < -0.3 is 14.2 Å². The number of carbonyl (C=O) groups is 1. The van der Waals surface area contributed by atoms with Crippen LogP contribution in [0.15, 0.2) is 47.3 Å². The number of para-hydroxylation sites is 1. The second kappa shape index (κ2) is 7.50. The van der Waals surface area contributed by atoms with Gasteiger partial charge >= 0.3 is 0 Å². The third-order valence-electron chi connectivity index (χ3n) is 6.33. The fourth-order valence-electron chi connectivity index (χ4n) is 4.79. The maximum absolute atomic E-state index is 12.9. The Labute approximate surface area is 170 Å². The molecule has 29 heavy (non-hydrogen) atoms. The molecular formula is C23H26N4O2. The molecule has 5 rings (SSSR count). The highest BCUT2D eigenvalue weighted by atomic mass is 16.3. The average molecular weight is 390 g/mol. The summed E-state index contributed by atoms with van der Waals surface area (Å²) in [6.07, 6.45) is 7.20. The molecule has 6 nitrogen and oxygen atoms in total. The average Bonchev–Trinajstić information content (AvgIpc) is 3.34. The molecule has 2 saturated heterocycles. The van der Waals surface area contributed by atoms with Gasteiger partial charge in [0, 0.05) is 31.7 Å². The number of aryl methyl sites for hydroxylation is 2. The Hall–Kier alpha value is -2.89. The van der Waals surface area contributed by atoms with Gasteiger partial charge in [0.1, 0.15) is 11.3 Å². The minimum atomic E-state index is 0.139. The summed E-state index contributed by atoms with van der Waals surface area (Å²) in [6, 6.07) is 10.6. The standard InChI is InChI=1S/C23H26N4O2/c1-16-8-9-21(24-13-16)26-10-11-27-19(14-26)12-18(23(27)28)6-2-4-17-5-3-7-20-22(17)29-15-25-20/h3,5,7-9,13,15,18-19H,2,4,6,10-12,14H2,1H3/t18-,19-/m0/s1. The van der Waals surface area contributed by atoms with Crippen LogP contribution in [0.1, 0.15) is 30.4 Å². The molecule has 3 aromatic rings. The van der Waals surface area contributed by atoms with Crippen molar-refractivity contribution in [3.05, 3.63) is 54.0 Å². The molecule has 4 heterocycles. The quantitative estimate of drug-likeness (QED) is 0.666. The molecule has 1 amide bonds. The molecule has 0 spiro atoms. The Morgan fingerprint density at radius 2 is 2.10 bits per heavy atom. The van der Waals surface area contributed by atoms with Gasteiger partial charge in [0.15, 0.2) is 12.0 Å². The van der Waals surface area contributed by atoms with Gasteiger partial charge in [-0.25, -0.2) is 9.97 Å². The first-order valence-electron chi connectivity index (χ1n) is 10.5. The van der Waals surface area contributed by atoms with Crippen LogP contribution in [0.3, 0.4) is 0 Å². The van der Waals surface area contributed by atoms with Crippen LogP contribution in [0.25, 0.3) is 11.1 Å². The molecule has 0 saturated carbocycles. The van der Waals surface area contributed by atoms with E-state index >= 15 is 0 Å². The van der Waals surface area contributed by atoms with E-state index in [1.807, 2.05) is 18.3 Å². The predicted octanol–water partition coefficient (Wildman–Crippen LogP) is 3.59. The molecule has 2 aliphatic heterocycles. The van der Waals surface area contributed by atoms with Crippen molar-refractivity contribution < 1.29 is 9.21 Å². The van der Waals surface area contributed by atoms with E-state index in [0.29, 0.717) is 11.9 Å². The number of oxazole rings is 1. The highest BCUT2D eigenvalue weighted by Gasteiger charge is 2.42. The third kappa shape index (κ3) is 3.48. The number of pyridine rings is 1. The van der Waals surface area contributed by atoms with Crippen molar-refractivity contribution >= 4 is 22.8 Å². The lowest BCUT2D eigenvalue weighted by Crippen LogP contribution is -2.51. The number of carbonyl (C=O) groups excluding carboxylic acids is 1. The van der Waals surface area contributed by atoms with Crippen molar-refractivity contribution in [1.82, 2.24) is 14.9 Å². The molecule has 0 radical (unpaired) electrons. The molecule has 0 N–H and O–H groups in total. The molecule has 6 heteroatoms. The molecule has 0 aliphatic carbocycles. The number of piperazine rings is 1. The summed E-state index contributed by atoms with van der Waals surface area (Å²) < 4.78 is 5.53. The van der Waals surface area contributed by atoms with Crippen molar-refractivity contribution in [2.24, 2.45) is 5.92 Å². The Balaban J connectivity index is 1.19.